The number of hydrogen-bond donors (Lipinski definition) is 3. The van der Waals surface area contributed by atoms with Crippen LogP contribution >= 0.6 is 0 Å². The molecule has 0 aromatic heterocycles. The monoisotopic (exact) mass is 398 g/mol. The number of alkyl carbamates (subject to hydrolysis) is 1. The van der Waals surface area contributed by atoms with Gasteiger partial charge in [-0.25, -0.2) is 9.59 Å². The summed E-state index contributed by atoms with van der Waals surface area (Å²) < 4.78 is 5.20. The van der Waals surface area contributed by atoms with Crippen LogP contribution in [0.2, 0.25) is 0 Å². The molecule has 0 aliphatic heterocycles. The molecule has 2 amide bonds. The number of hydrogen-bond acceptors (Lipinski definition) is 4. The summed E-state index contributed by atoms with van der Waals surface area (Å²) in [6, 6.07) is 16.3. The van der Waals surface area contributed by atoms with Gasteiger partial charge in [-0.1, -0.05) is 74.5 Å². The van der Waals surface area contributed by atoms with Crippen molar-refractivity contribution >= 4 is 18.0 Å². The first kappa shape index (κ1) is 21.9. The minimum Gasteiger partial charge on any atom is -0.480 e. The number of nitrogens with one attached hydrogen (secondary N) is 2. The molecule has 154 valence electrons. The fraction of sp³-hybridized carbons (Fsp3) is 0.318. The third-order valence-electron chi connectivity index (χ3n) is 4.33. The molecule has 2 aromatic rings. The van der Waals surface area contributed by atoms with Gasteiger partial charge < -0.3 is 20.5 Å². The molecule has 7 heteroatoms. The van der Waals surface area contributed by atoms with Crippen LogP contribution in [-0.4, -0.2) is 35.2 Å². The fourth-order valence-corrected chi connectivity index (χ4v) is 2.73. The Labute approximate surface area is 170 Å². The van der Waals surface area contributed by atoms with Gasteiger partial charge in [0.25, 0.3) is 0 Å². The van der Waals surface area contributed by atoms with E-state index in [-0.39, 0.29) is 18.9 Å². The van der Waals surface area contributed by atoms with E-state index in [4.69, 9.17) is 4.74 Å². The van der Waals surface area contributed by atoms with Crippen molar-refractivity contribution in [3.05, 3.63) is 71.8 Å². The molecule has 29 heavy (non-hydrogen) atoms. The van der Waals surface area contributed by atoms with Gasteiger partial charge in [0.05, 0.1) is 0 Å². The molecule has 0 spiro atoms. The van der Waals surface area contributed by atoms with Crippen LogP contribution in [0.25, 0.3) is 0 Å². The van der Waals surface area contributed by atoms with Crippen molar-refractivity contribution in [2.75, 3.05) is 0 Å². The van der Waals surface area contributed by atoms with E-state index < -0.39 is 30.1 Å². The highest BCUT2D eigenvalue weighted by molar-refractivity contribution is 5.89. The number of carbonyl (C=O) groups excluding carboxylic acids is 2. The highest BCUT2D eigenvalue weighted by Crippen LogP contribution is 2.08. The molecule has 2 rings (SSSR count). The smallest absolute Gasteiger partial charge is 0.408 e. The van der Waals surface area contributed by atoms with Crippen LogP contribution in [0.15, 0.2) is 60.7 Å². The summed E-state index contributed by atoms with van der Waals surface area (Å²) in [5.74, 6) is -2.01. The third kappa shape index (κ3) is 7.29. The summed E-state index contributed by atoms with van der Waals surface area (Å²) >= 11 is 0. The Bertz CT molecular complexity index is 808. The minimum atomic E-state index is -1.13. The van der Waals surface area contributed by atoms with Gasteiger partial charge in [-0.3, -0.25) is 4.79 Å². The zero-order chi connectivity index (χ0) is 21.2. The van der Waals surface area contributed by atoms with Gasteiger partial charge >= 0.3 is 12.1 Å². The van der Waals surface area contributed by atoms with E-state index in [1.54, 1.807) is 13.8 Å². The van der Waals surface area contributed by atoms with Crippen molar-refractivity contribution in [1.29, 1.82) is 0 Å². The van der Waals surface area contributed by atoms with E-state index in [1.165, 1.54) is 0 Å². The van der Waals surface area contributed by atoms with Crippen LogP contribution in [0, 0.1) is 5.92 Å². The standard InChI is InChI=1S/C22H26N2O5/c1-15(2)19(21(26)27)24-20(25)18(13-16-9-5-3-6-10-16)23-22(28)29-14-17-11-7-4-8-12-17/h3-12,15,18-19H,13-14H2,1-2H3,(H,23,28)(H,24,25)(H,26,27)/t18-,19-/m0/s1. The average Bonchev–Trinajstić information content (AvgIpc) is 2.71. The molecule has 3 N–H and O–H groups in total. The van der Waals surface area contributed by atoms with Crippen LogP contribution < -0.4 is 10.6 Å². The highest BCUT2D eigenvalue weighted by atomic mass is 16.5. The minimum absolute atomic E-state index is 0.0656. The van der Waals surface area contributed by atoms with E-state index in [2.05, 4.69) is 10.6 Å². The number of benzene rings is 2. The van der Waals surface area contributed by atoms with Gasteiger partial charge in [-0.2, -0.15) is 0 Å². The fourth-order valence-electron chi connectivity index (χ4n) is 2.73. The zero-order valence-corrected chi connectivity index (χ0v) is 16.5. The summed E-state index contributed by atoms with van der Waals surface area (Å²) in [7, 11) is 0. The maximum absolute atomic E-state index is 12.7. The van der Waals surface area contributed by atoms with Crippen molar-refractivity contribution in [1.82, 2.24) is 10.6 Å². The molecule has 0 aliphatic carbocycles. The number of aliphatic carboxylic acids is 1. The molecule has 0 fully saturated rings. The maximum atomic E-state index is 12.7. The molecule has 2 aromatic carbocycles. The van der Waals surface area contributed by atoms with Crippen molar-refractivity contribution in [2.24, 2.45) is 5.92 Å². The highest BCUT2D eigenvalue weighted by Gasteiger charge is 2.29. The summed E-state index contributed by atoms with van der Waals surface area (Å²) in [5.41, 5.74) is 1.64. The largest absolute Gasteiger partial charge is 0.480 e. The lowest BCUT2D eigenvalue weighted by molar-refractivity contribution is -0.143. The SMILES string of the molecule is CC(C)[C@H](NC(=O)[C@H](Cc1ccccc1)NC(=O)OCc1ccccc1)C(=O)O. The van der Waals surface area contributed by atoms with Gasteiger partial charge in [0.2, 0.25) is 5.91 Å². The molecule has 0 radical (unpaired) electrons. The summed E-state index contributed by atoms with van der Waals surface area (Å²) in [6.45, 7) is 3.47. The molecule has 0 saturated heterocycles. The Kier molecular flexibility index (Phi) is 8.21. The van der Waals surface area contributed by atoms with E-state index in [9.17, 15) is 19.5 Å². The molecule has 0 saturated carbocycles. The Morgan fingerprint density at radius 3 is 1.97 bits per heavy atom. The Morgan fingerprint density at radius 2 is 1.45 bits per heavy atom. The van der Waals surface area contributed by atoms with E-state index in [0.717, 1.165) is 11.1 Å². The molecule has 0 heterocycles. The van der Waals surface area contributed by atoms with Gasteiger partial charge in [-0.15, -0.1) is 0 Å². The Morgan fingerprint density at radius 1 is 0.897 bits per heavy atom. The van der Waals surface area contributed by atoms with E-state index >= 15 is 0 Å². The van der Waals surface area contributed by atoms with Gasteiger partial charge in [0.15, 0.2) is 0 Å². The molecular formula is C22H26N2O5. The lowest BCUT2D eigenvalue weighted by atomic mass is 10.0. The number of ether oxygens (including phenoxy) is 1. The molecule has 7 nitrogen and oxygen atoms in total. The van der Waals surface area contributed by atoms with Crippen LogP contribution in [0.1, 0.15) is 25.0 Å². The normalized spacial score (nSPS) is 12.7. The van der Waals surface area contributed by atoms with Crippen molar-refractivity contribution in [2.45, 2.75) is 39.0 Å². The van der Waals surface area contributed by atoms with Crippen LogP contribution in [-0.2, 0) is 27.4 Å². The predicted molar refractivity (Wildman–Crippen MR) is 108 cm³/mol. The van der Waals surface area contributed by atoms with Crippen LogP contribution in [0.4, 0.5) is 4.79 Å². The number of amides is 2. The summed E-state index contributed by atoms with van der Waals surface area (Å²) in [5, 5.41) is 14.4. The summed E-state index contributed by atoms with van der Waals surface area (Å²) in [6.07, 6.45) is -0.543. The Hall–Kier alpha value is -3.35. The van der Waals surface area contributed by atoms with Gasteiger partial charge in [0, 0.05) is 6.42 Å². The summed E-state index contributed by atoms with van der Waals surface area (Å²) in [4.78, 5) is 36.4. The van der Waals surface area contributed by atoms with Gasteiger partial charge in [0.1, 0.15) is 18.7 Å². The van der Waals surface area contributed by atoms with Gasteiger partial charge in [-0.05, 0) is 17.0 Å². The quantitative estimate of drug-likeness (QED) is 0.602. The Balaban J connectivity index is 2.06. The maximum Gasteiger partial charge on any atom is 0.408 e. The average molecular weight is 398 g/mol. The van der Waals surface area contributed by atoms with Crippen molar-refractivity contribution in [3.8, 4) is 0 Å². The van der Waals surface area contributed by atoms with Crippen LogP contribution in [0.5, 0.6) is 0 Å². The first-order valence-corrected chi connectivity index (χ1v) is 9.41. The molecule has 0 unspecified atom stereocenters. The second kappa shape index (κ2) is 10.8. The number of rotatable bonds is 9. The zero-order valence-electron chi connectivity index (χ0n) is 16.5. The third-order valence-corrected chi connectivity index (χ3v) is 4.33. The second-order valence-electron chi connectivity index (χ2n) is 7.02. The number of carboxylic acid groups (broad SMARTS) is 1. The lowest BCUT2D eigenvalue weighted by Gasteiger charge is -2.23. The van der Waals surface area contributed by atoms with E-state index in [0.29, 0.717) is 0 Å². The molecule has 0 aliphatic rings. The van der Waals surface area contributed by atoms with Crippen LogP contribution in [0.3, 0.4) is 0 Å². The molecular weight excluding hydrogens is 372 g/mol. The number of carboxylic acids is 1. The topological polar surface area (TPSA) is 105 Å². The van der Waals surface area contributed by atoms with E-state index in [1.807, 2.05) is 60.7 Å². The first-order chi connectivity index (χ1) is 13.9. The van der Waals surface area contributed by atoms with Crippen molar-refractivity contribution < 1.29 is 24.2 Å². The predicted octanol–water partition coefficient (Wildman–Crippen LogP) is 2.75. The molecule has 0 bridgehead atoms. The lowest BCUT2D eigenvalue weighted by Crippen LogP contribution is -2.53. The second-order valence-corrected chi connectivity index (χ2v) is 7.02. The first-order valence-electron chi connectivity index (χ1n) is 9.41. The molecule has 2 atom stereocenters. The van der Waals surface area contributed by atoms with Crippen molar-refractivity contribution in [3.63, 3.8) is 0 Å². The number of carbonyl (C=O) groups is 3.